The molecule has 2 N–H and O–H groups in total. The van der Waals surface area contributed by atoms with Gasteiger partial charge in [-0.05, 0) is 19.1 Å². The third-order valence-corrected chi connectivity index (χ3v) is 4.28. The Labute approximate surface area is 151 Å². The Morgan fingerprint density at radius 3 is 2.81 bits per heavy atom. The highest BCUT2D eigenvalue weighted by atomic mass is 16.6. The van der Waals surface area contributed by atoms with E-state index in [2.05, 4.69) is 44.8 Å². The number of aryl methyl sites for hydroxylation is 2. The Hall–Kier alpha value is -2.71. The number of nitrogens with zero attached hydrogens (tertiary/aromatic N) is 4. The zero-order chi connectivity index (χ0) is 17.9. The molecule has 0 spiro atoms. The van der Waals surface area contributed by atoms with Gasteiger partial charge in [-0.25, -0.2) is 0 Å². The Bertz CT molecular complexity index is 887. The van der Waals surface area contributed by atoms with Crippen LogP contribution in [0.25, 0.3) is 11.0 Å². The molecule has 1 aromatic carbocycles. The molecule has 0 aliphatic carbocycles. The van der Waals surface area contributed by atoms with Crippen LogP contribution in [-0.4, -0.2) is 52.2 Å². The molecule has 0 radical (unpaired) electrons. The predicted octanol–water partition coefficient (Wildman–Crippen LogP) is 2.24. The minimum atomic E-state index is 0.00286. The molecule has 1 atom stereocenters. The highest BCUT2D eigenvalue weighted by Gasteiger charge is 2.16. The molecule has 1 saturated heterocycles. The maximum absolute atomic E-state index is 5.66. The Kier molecular flexibility index (Phi) is 4.68. The summed E-state index contributed by atoms with van der Waals surface area (Å²) >= 11 is 0. The van der Waals surface area contributed by atoms with Crippen molar-refractivity contribution in [2.45, 2.75) is 13.0 Å². The van der Waals surface area contributed by atoms with Gasteiger partial charge >= 0.3 is 0 Å². The summed E-state index contributed by atoms with van der Waals surface area (Å²) in [5.41, 5.74) is 2.94. The first-order chi connectivity index (χ1) is 12.7. The van der Waals surface area contributed by atoms with E-state index in [4.69, 9.17) is 9.47 Å². The van der Waals surface area contributed by atoms with E-state index in [1.807, 2.05) is 19.2 Å². The summed E-state index contributed by atoms with van der Waals surface area (Å²) in [4.78, 5) is 9.21. The Morgan fingerprint density at radius 1 is 1.19 bits per heavy atom. The number of anilines is 3. The van der Waals surface area contributed by atoms with Crippen molar-refractivity contribution < 1.29 is 9.47 Å². The van der Waals surface area contributed by atoms with Gasteiger partial charge in [0.25, 0.3) is 0 Å². The molecule has 8 heteroatoms. The van der Waals surface area contributed by atoms with E-state index in [-0.39, 0.29) is 6.10 Å². The van der Waals surface area contributed by atoms with Crippen LogP contribution in [0.4, 0.5) is 17.5 Å². The number of ether oxygens (including phenoxy) is 2. The van der Waals surface area contributed by atoms with Crippen LogP contribution < -0.4 is 10.6 Å². The van der Waals surface area contributed by atoms with Crippen LogP contribution in [0.3, 0.4) is 0 Å². The summed E-state index contributed by atoms with van der Waals surface area (Å²) in [6, 6.07) is 8.17. The number of hydrogen-bond donors (Lipinski definition) is 2. The van der Waals surface area contributed by atoms with Crippen molar-refractivity contribution in [2.75, 3.05) is 37.0 Å². The average Bonchev–Trinajstić information content (AvgIpc) is 3.04. The van der Waals surface area contributed by atoms with Gasteiger partial charge < -0.3 is 20.1 Å². The molecule has 1 aliphatic heterocycles. The van der Waals surface area contributed by atoms with Crippen LogP contribution in [0.2, 0.25) is 0 Å². The van der Waals surface area contributed by atoms with Crippen LogP contribution in [0.5, 0.6) is 0 Å². The maximum atomic E-state index is 5.66. The third-order valence-electron chi connectivity index (χ3n) is 4.28. The van der Waals surface area contributed by atoms with Gasteiger partial charge in [-0.1, -0.05) is 17.7 Å². The lowest BCUT2D eigenvalue weighted by molar-refractivity contribution is -0.0819. The standard InChI is InChI=1S/C18H22N6O2/c1-12-3-5-13(6-4-12)21-16-15-10-20-24(2)17(15)23-18(22-16)19-9-14-11-25-7-8-26-14/h3-6,10,14H,7-9,11H2,1-2H3,(H2,19,21,22,23). The lowest BCUT2D eigenvalue weighted by atomic mass is 10.2. The average molecular weight is 354 g/mol. The summed E-state index contributed by atoms with van der Waals surface area (Å²) in [7, 11) is 1.87. The first-order valence-electron chi connectivity index (χ1n) is 8.66. The number of benzene rings is 1. The minimum Gasteiger partial charge on any atom is -0.376 e. The SMILES string of the molecule is Cc1ccc(Nc2nc(NCC3COCCO3)nc3c2cnn3C)cc1. The summed E-state index contributed by atoms with van der Waals surface area (Å²) in [6.07, 6.45) is 1.77. The van der Waals surface area contributed by atoms with Crippen LogP contribution in [0.1, 0.15) is 5.56 Å². The number of rotatable bonds is 5. The number of aromatic nitrogens is 4. The first-order valence-corrected chi connectivity index (χ1v) is 8.66. The summed E-state index contributed by atoms with van der Waals surface area (Å²) in [5.74, 6) is 1.25. The van der Waals surface area contributed by atoms with Gasteiger partial charge in [0, 0.05) is 19.3 Å². The molecule has 4 rings (SSSR count). The second-order valence-electron chi connectivity index (χ2n) is 6.34. The third kappa shape index (κ3) is 3.61. The fourth-order valence-corrected chi connectivity index (χ4v) is 2.83. The topological polar surface area (TPSA) is 86.1 Å². The van der Waals surface area contributed by atoms with Crippen molar-refractivity contribution in [2.24, 2.45) is 7.05 Å². The molecule has 26 heavy (non-hydrogen) atoms. The minimum absolute atomic E-state index is 0.00286. The van der Waals surface area contributed by atoms with Crippen LogP contribution in [0.15, 0.2) is 30.5 Å². The molecular formula is C18H22N6O2. The molecule has 1 fully saturated rings. The van der Waals surface area contributed by atoms with Crippen molar-refractivity contribution in [3.05, 3.63) is 36.0 Å². The first kappa shape index (κ1) is 16.7. The molecule has 1 unspecified atom stereocenters. The molecule has 8 nitrogen and oxygen atoms in total. The summed E-state index contributed by atoms with van der Waals surface area (Å²) < 4.78 is 12.8. The van der Waals surface area contributed by atoms with Gasteiger partial charge in [0.1, 0.15) is 5.82 Å². The molecular weight excluding hydrogens is 332 g/mol. The van der Waals surface area contributed by atoms with E-state index in [1.54, 1.807) is 10.9 Å². The lowest BCUT2D eigenvalue weighted by Gasteiger charge is -2.23. The molecule has 2 aromatic heterocycles. The Morgan fingerprint density at radius 2 is 2.04 bits per heavy atom. The molecule has 0 saturated carbocycles. The number of nitrogens with one attached hydrogen (secondary N) is 2. The fraction of sp³-hybridized carbons (Fsp3) is 0.389. The van der Waals surface area contributed by atoms with E-state index >= 15 is 0 Å². The van der Waals surface area contributed by atoms with Crippen LogP contribution in [-0.2, 0) is 16.5 Å². The van der Waals surface area contributed by atoms with Crippen molar-refractivity contribution in [1.29, 1.82) is 0 Å². The lowest BCUT2D eigenvalue weighted by Crippen LogP contribution is -2.34. The van der Waals surface area contributed by atoms with E-state index in [9.17, 15) is 0 Å². The van der Waals surface area contributed by atoms with Gasteiger partial charge in [0.2, 0.25) is 5.95 Å². The van der Waals surface area contributed by atoms with Gasteiger partial charge in [0.15, 0.2) is 5.65 Å². The zero-order valence-electron chi connectivity index (χ0n) is 14.9. The van der Waals surface area contributed by atoms with Gasteiger partial charge in [-0.3, -0.25) is 4.68 Å². The van der Waals surface area contributed by atoms with E-state index in [1.165, 1.54) is 5.56 Å². The van der Waals surface area contributed by atoms with Crippen LogP contribution >= 0.6 is 0 Å². The van der Waals surface area contributed by atoms with Crippen molar-refractivity contribution >= 4 is 28.5 Å². The van der Waals surface area contributed by atoms with Gasteiger partial charge in [-0.2, -0.15) is 15.1 Å². The fourth-order valence-electron chi connectivity index (χ4n) is 2.83. The van der Waals surface area contributed by atoms with Crippen LogP contribution in [0, 0.1) is 6.92 Å². The van der Waals surface area contributed by atoms with E-state index in [0.29, 0.717) is 32.3 Å². The molecule has 136 valence electrons. The highest BCUT2D eigenvalue weighted by molar-refractivity contribution is 5.89. The molecule has 3 heterocycles. The normalized spacial score (nSPS) is 17.4. The smallest absolute Gasteiger partial charge is 0.226 e. The second kappa shape index (κ2) is 7.27. The summed E-state index contributed by atoms with van der Waals surface area (Å²) in [5, 5.41) is 11.8. The van der Waals surface area contributed by atoms with Gasteiger partial charge in [0.05, 0.1) is 37.5 Å². The van der Waals surface area contributed by atoms with E-state index < -0.39 is 0 Å². The predicted molar refractivity (Wildman–Crippen MR) is 99.8 cm³/mol. The van der Waals surface area contributed by atoms with Crippen molar-refractivity contribution in [1.82, 2.24) is 19.7 Å². The highest BCUT2D eigenvalue weighted by Crippen LogP contribution is 2.25. The zero-order valence-corrected chi connectivity index (χ0v) is 14.9. The second-order valence-corrected chi connectivity index (χ2v) is 6.34. The monoisotopic (exact) mass is 354 g/mol. The van der Waals surface area contributed by atoms with Gasteiger partial charge in [-0.15, -0.1) is 0 Å². The molecule has 0 bridgehead atoms. The largest absolute Gasteiger partial charge is 0.376 e. The summed E-state index contributed by atoms with van der Waals surface area (Å²) in [6.45, 7) is 4.50. The van der Waals surface area contributed by atoms with E-state index in [0.717, 1.165) is 22.5 Å². The molecule has 0 amide bonds. The molecule has 1 aliphatic rings. The molecule has 3 aromatic rings. The maximum Gasteiger partial charge on any atom is 0.226 e. The number of fused-ring (bicyclic) bond motifs is 1. The van der Waals surface area contributed by atoms with Crippen molar-refractivity contribution in [3.63, 3.8) is 0 Å². The van der Waals surface area contributed by atoms with Crippen molar-refractivity contribution in [3.8, 4) is 0 Å². The Balaban J connectivity index is 1.59. The number of hydrogen-bond acceptors (Lipinski definition) is 7. The quantitative estimate of drug-likeness (QED) is 0.727.